The smallest absolute Gasteiger partial charge is 0.290 e. The highest BCUT2D eigenvalue weighted by molar-refractivity contribution is 7.15. The molecule has 0 bridgehead atoms. The highest BCUT2D eigenvalue weighted by Gasteiger charge is 2.25. The fourth-order valence-corrected chi connectivity index (χ4v) is 4.55. The lowest BCUT2D eigenvalue weighted by atomic mass is 10.1. The molecule has 1 saturated heterocycles. The molecule has 10 nitrogen and oxygen atoms in total. The lowest BCUT2D eigenvalue weighted by Gasteiger charge is -2.35. The minimum Gasteiger partial charge on any atom is -0.483 e. The van der Waals surface area contributed by atoms with E-state index in [1.807, 2.05) is 6.92 Å². The largest absolute Gasteiger partial charge is 0.483 e. The van der Waals surface area contributed by atoms with Gasteiger partial charge in [-0.2, -0.15) is 0 Å². The summed E-state index contributed by atoms with van der Waals surface area (Å²) in [6.07, 6.45) is 0.848. The Labute approximate surface area is 212 Å². The van der Waals surface area contributed by atoms with E-state index in [0.29, 0.717) is 18.0 Å². The minimum absolute atomic E-state index is 0.0969. The van der Waals surface area contributed by atoms with E-state index in [1.54, 1.807) is 0 Å². The molecule has 1 fully saturated rings. The summed E-state index contributed by atoms with van der Waals surface area (Å²) in [5.41, 5.74) is 0.201. The van der Waals surface area contributed by atoms with Crippen LogP contribution in [0.3, 0.4) is 0 Å². The van der Waals surface area contributed by atoms with Crippen molar-refractivity contribution in [2.24, 2.45) is 0 Å². The molecular weight excluding hydrogens is 494 g/mol. The zero-order valence-electron chi connectivity index (χ0n) is 20.5. The fourth-order valence-electron chi connectivity index (χ4n) is 3.71. The van der Waals surface area contributed by atoms with Gasteiger partial charge in [0.2, 0.25) is 16.9 Å². The molecular formula is C23H32F2N6O4S. The van der Waals surface area contributed by atoms with Crippen molar-refractivity contribution in [3.05, 3.63) is 40.4 Å². The first kappa shape index (κ1) is 29.2. The van der Waals surface area contributed by atoms with Crippen molar-refractivity contribution < 1.29 is 28.3 Å². The van der Waals surface area contributed by atoms with Crippen molar-refractivity contribution in [3.8, 4) is 0 Å². The van der Waals surface area contributed by atoms with E-state index in [2.05, 4.69) is 44.6 Å². The topological polar surface area (TPSA) is 128 Å². The van der Waals surface area contributed by atoms with Gasteiger partial charge in [0.15, 0.2) is 0 Å². The molecule has 36 heavy (non-hydrogen) atoms. The molecule has 0 spiro atoms. The predicted molar refractivity (Wildman–Crippen MR) is 132 cm³/mol. The van der Waals surface area contributed by atoms with Gasteiger partial charge in [0.05, 0.1) is 12.5 Å². The van der Waals surface area contributed by atoms with E-state index < -0.39 is 29.5 Å². The van der Waals surface area contributed by atoms with Crippen LogP contribution in [0, 0.1) is 11.6 Å². The van der Waals surface area contributed by atoms with Crippen LogP contribution < -0.4 is 10.6 Å². The van der Waals surface area contributed by atoms with Crippen molar-refractivity contribution in [1.82, 2.24) is 25.3 Å². The second-order valence-electron chi connectivity index (χ2n) is 8.42. The molecule has 0 radical (unpaired) electrons. The summed E-state index contributed by atoms with van der Waals surface area (Å²) in [6.45, 7) is 7.60. The molecule has 198 valence electrons. The Kier molecular flexibility index (Phi) is 11.8. The number of halogens is 2. The second kappa shape index (κ2) is 14.5. The summed E-state index contributed by atoms with van der Waals surface area (Å²) in [6, 6.07) is 2.25. The summed E-state index contributed by atoms with van der Waals surface area (Å²) >= 11 is 1.32. The lowest BCUT2D eigenvalue weighted by molar-refractivity contribution is -0.126. The number of benzene rings is 1. The Bertz CT molecular complexity index is 996. The van der Waals surface area contributed by atoms with E-state index in [0.717, 1.165) is 49.4 Å². The van der Waals surface area contributed by atoms with Crippen molar-refractivity contribution in [1.29, 1.82) is 0 Å². The van der Waals surface area contributed by atoms with Crippen molar-refractivity contribution in [3.63, 3.8) is 0 Å². The van der Waals surface area contributed by atoms with Gasteiger partial charge in [-0.25, -0.2) is 8.78 Å². The number of amides is 2. The Hall–Kier alpha value is -3.03. The number of rotatable bonds is 9. The molecule has 0 aliphatic carbocycles. The molecule has 1 aromatic carbocycles. The number of carbonyl (C=O) groups excluding carboxylic acids is 2. The van der Waals surface area contributed by atoms with E-state index in [9.17, 15) is 18.4 Å². The molecule has 3 rings (SSSR count). The minimum atomic E-state index is -0.789. The number of piperazine rings is 1. The zero-order valence-corrected chi connectivity index (χ0v) is 21.4. The molecule has 2 amide bonds. The molecule has 1 aliphatic heterocycles. The van der Waals surface area contributed by atoms with Crippen molar-refractivity contribution in [2.45, 2.75) is 45.2 Å². The summed E-state index contributed by atoms with van der Waals surface area (Å²) in [7, 11) is 2.10. The molecule has 2 atom stereocenters. The van der Waals surface area contributed by atoms with Gasteiger partial charge in [0, 0.05) is 32.2 Å². The van der Waals surface area contributed by atoms with Crippen LogP contribution in [0.4, 0.5) is 13.9 Å². The predicted octanol–water partition coefficient (Wildman–Crippen LogP) is 2.29. The first-order chi connectivity index (χ1) is 17.2. The van der Waals surface area contributed by atoms with Crippen LogP contribution in [0.25, 0.3) is 0 Å². The van der Waals surface area contributed by atoms with Gasteiger partial charge in [-0.3, -0.25) is 24.6 Å². The van der Waals surface area contributed by atoms with Crippen molar-refractivity contribution in [2.75, 3.05) is 38.5 Å². The molecule has 2 aromatic rings. The molecule has 2 unspecified atom stereocenters. The highest BCUT2D eigenvalue weighted by atomic mass is 32.1. The number of anilines is 1. The van der Waals surface area contributed by atoms with Crippen LogP contribution in [-0.4, -0.2) is 82.7 Å². The highest BCUT2D eigenvalue weighted by Crippen LogP contribution is 2.27. The Balaban J connectivity index is 0.00000145. The van der Waals surface area contributed by atoms with Gasteiger partial charge in [-0.1, -0.05) is 24.7 Å². The van der Waals surface area contributed by atoms with Gasteiger partial charge in [0.25, 0.3) is 6.47 Å². The van der Waals surface area contributed by atoms with Gasteiger partial charge < -0.3 is 15.3 Å². The fraction of sp³-hybridized carbons (Fsp3) is 0.522. The molecule has 0 saturated carbocycles. The summed E-state index contributed by atoms with van der Waals surface area (Å²) in [5, 5.41) is 21.8. The zero-order chi connectivity index (χ0) is 26.7. The number of hydrogen-bond acceptors (Lipinski definition) is 8. The van der Waals surface area contributed by atoms with Gasteiger partial charge in [-0.15, -0.1) is 10.2 Å². The Morgan fingerprint density at radius 2 is 1.78 bits per heavy atom. The summed E-state index contributed by atoms with van der Waals surface area (Å²) in [4.78, 5) is 38.2. The second-order valence-corrected chi connectivity index (χ2v) is 9.43. The molecule has 1 aliphatic rings. The van der Waals surface area contributed by atoms with E-state index in [1.165, 1.54) is 11.3 Å². The average molecular weight is 527 g/mol. The monoisotopic (exact) mass is 526 g/mol. The number of carbonyl (C=O) groups is 3. The number of nitrogens with zero attached hydrogens (tertiary/aromatic N) is 4. The van der Waals surface area contributed by atoms with Gasteiger partial charge in [-0.05, 0) is 38.1 Å². The average Bonchev–Trinajstić information content (AvgIpc) is 3.27. The third-order valence-electron chi connectivity index (χ3n) is 5.63. The van der Waals surface area contributed by atoms with Crippen LogP contribution >= 0.6 is 11.3 Å². The Morgan fingerprint density at radius 1 is 1.17 bits per heavy atom. The maximum atomic E-state index is 13.4. The van der Waals surface area contributed by atoms with E-state index in [4.69, 9.17) is 9.90 Å². The number of aromatic nitrogens is 2. The van der Waals surface area contributed by atoms with Crippen LogP contribution in [0.1, 0.15) is 43.3 Å². The molecule has 13 heteroatoms. The van der Waals surface area contributed by atoms with Crippen LogP contribution in [-0.2, 0) is 20.8 Å². The van der Waals surface area contributed by atoms with Crippen LogP contribution in [0.15, 0.2) is 18.2 Å². The Morgan fingerprint density at radius 3 is 2.36 bits per heavy atom. The van der Waals surface area contributed by atoms with Crippen molar-refractivity contribution >= 4 is 34.8 Å². The summed E-state index contributed by atoms with van der Waals surface area (Å²) in [5.74, 6) is -2.39. The normalized spacial score (nSPS) is 15.8. The SMILES string of the molecule is CCCC(NC(=O)Cc1cc(F)cc(F)c1)C(=O)Nc1nnc(C(C)N2CCN(C)CC2)s1.O=CO. The maximum Gasteiger partial charge on any atom is 0.290 e. The number of hydrogen-bond donors (Lipinski definition) is 3. The first-order valence-electron chi connectivity index (χ1n) is 11.6. The molecule has 2 heterocycles. The third kappa shape index (κ3) is 9.21. The van der Waals surface area contributed by atoms with E-state index >= 15 is 0 Å². The third-order valence-corrected chi connectivity index (χ3v) is 6.64. The first-order valence-corrected chi connectivity index (χ1v) is 12.4. The maximum absolute atomic E-state index is 13.4. The van der Waals surface area contributed by atoms with Gasteiger partial charge in [0.1, 0.15) is 22.7 Å². The van der Waals surface area contributed by atoms with Crippen LogP contribution in [0.2, 0.25) is 0 Å². The number of carboxylic acid groups (broad SMARTS) is 1. The van der Waals surface area contributed by atoms with Crippen LogP contribution in [0.5, 0.6) is 0 Å². The van der Waals surface area contributed by atoms with Gasteiger partial charge >= 0.3 is 0 Å². The quantitative estimate of drug-likeness (QED) is 0.425. The molecule has 1 aromatic heterocycles. The summed E-state index contributed by atoms with van der Waals surface area (Å²) < 4.78 is 26.7. The molecule has 3 N–H and O–H groups in total. The standard InChI is InChI=1S/C22H30F2N6O2S.CH2O2/c1-4-5-18(25-19(31)12-15-10-16(23)13-17(24)11-15)20(32)26-22-28-27-21(33-22)14(2)30-8-6-29(3)7-9-30;2-1-3/h10-11,13-14,18H,4-9,12H2,1-3H3,(H,25,31)(H,26,28,32);1H,(H,2,3). The lowest BCUT2D eigenvalue weighted by Crippen LogP contribution is -2.45. The number of nitrogens with one attached hydrogen (secondary N) is 2. The number of likely N-dealkylation sites (N-methyl/N-ethyl adjacent to an activating group) is 1. The van der Waals surface area contributed by atoms with E-state index in [-0.39, 0.29) is 24.5 Å².